The third-order valence-electron chi connectivity index (χ3n) is 2.68. The van der Waals surface area contributed by atoms with E-state index in [2.05, 4.69) is 21.2 Å². The van der Waals surface area contributed by atoms with Gasteiger partial charge in [0.05, 0.1) is 0 Å². The van der Waals surface area contributed by atoms with E-state index in [9.17, 15) is 18.0 Å². The van der Waals surface area contributed by atoms with Crippen molar-refractivity contribution < 1.29 is 18.0 Å². The Kier molecular flexibility index (Phi) is 4.17. The summed E-state index contributed by atoms with van der Waals surface area (Å²) in [6.45, 7) is 2.34. The van der Waals surface area contributed by atoms with Crippen LogP contribution in [0.4, 0.5) is 18.9 Å². The molecule has 0 saturated heterocycles. The molecule has 0 fully saturated rings. The normalized spacial score (nSPS) is 10.7. The summed E-state index contributed by atoms with van der Waals surface area (Å²) in [7, 11) is 0. The van der Waals surface area contributed by atoms with Gasteiger partial charge in [0.15, 0.2) is 11.6 Å². The van der Waals surface area contributed by atoms with Crippen molar-refractivity contribution in [2.75, 3.05) is 5.32 Å². The van der Waals surface area contributed by atoms with Gasteiger partial charge in [-0.3, -0.25) is 4.79 Å². The summed E-state index contributed by atoms with van der Waals surface area (Å²) in [6, 6.07) is 2.54. The van der Waals surface area contributed by atoms with Gasteiger partial charge in [-0.2, -0.15) is 0 Å². The molecule has 1 amide bonds. The number of carbonyl (C=O) groups excluding carboxylic acids is 1. The standard InChI is InChI=1S/C13H10BrF3N2O/c1-2-19-6-7(14)3-11(19)13(20)18-12-9(16)4-8(15)5-10(12)17/h3-6H,2H2,1H3,(H,18,20). The molecule has 0 spiro atoms. The van der Waals surface area contributed by atoms with Crippen molar-refractivity contribution in [1.82, 2.24) is 4.57 Å². The number of anilines is 1. The third-order valence-corrected chi connectivity index (χ3v) is 3.12. The Balaban J connectivity index is 2.32. The number of amides is 1. The lowest BCUT2D eigenvalue weighted by atomic mass is 10.2. The summed E-state index contributed by atoms with van der Waals surface area (Å²) in [5, 5.41) is 2.11. The fraction of sp³-hybridized carbons (Fsp3) is 0.154. The number of rotatable bonds is 3. The average molecular weight is 347 g/mol. The first-order valence-corrected chi connectivity index (χ1v) is 6.53. The first-order valence-electron chi connectivity index (χ1n) is 5.74. The minimum absolute atomic E-state index is 0.238. The number of hydrogen-bond acceptors (Lipinski definition) is 1. The second kappa shape index (κ2) is 5.70. The smallest absolute Gasteiger partial charge is 0.272 e. The highest BCUT2D eigenvalue weighted by atomic mass is 79.9. The quantitative estimate of drug-likeness (QED) is 0.897. The van der Waals surface area contributed by atoms with Gasteiger partial charge in [-0.15, -0.1) is 0 Å². The number of aryl methyl sites for hydroxylation is 1. The van der Waals surface area contributed by atoms with Gasteiger partial charge in [0, 0.05) is 29.3 Å². The third kappa shape index (κ3) is 2.87. The van der Waals surface area contributed by atoms with Crippen LogP contribution in [0.3, 0.4) is 0 Å². The van der Waals surface area contributed by atoms with Crippen LogP contribution in [-0.2, 0) is 6.54 Å². The van der Waals surface area contributed by atoms with Crippen molar-refractivity contribution >= 4 is 27.5 Å². The molecular formula is C13H10BrF3N2O. The molecule has 0 aliphatic carbocycles. The highest BCUT2D eigenvalue weighted by molar-refractivity contribution is 9.10. The maximum Gasteiger partial charge on any atom is 0.272 e. The minimum Gasteiger partial charge on any atom is -0.343 e. The van der Waals surface area contributed by atoms with Crippen molar-refractivity contribution in [2.45, 2.75) is 13.5 Å². The van der Waals surface area contributed by atoms with E-state index in [4.69, 9.17) is 0 Å². The largest absolute Gasteiger partial charge is 0.343 e. The van der Waals surface area contributed by atoms with Crippen molar-refractivity contribution in [2.24, 2.45) is 0 Å². The minimum atomic E-state index is -1.16. The topological polar surface area (TPSA) is 34.0 Å². The highest BCUT2D eigenvalue weighted by Gasteiger charge is 2.18. The van der Waals surface area contributed by atoms with Crippen LogP contribution in [0.5, 0.6) is 0 Å². The van der Waals surface area contributed by atoms with E-state index in [-0.39, 0.29) is 5.69 Å². The molecule has 0 bridgehead atoms. The van der Waals surface area contributed by atoms with Crippen LogP contribution in [0.1, 0.15) is 17.4 Å². The molecule has 0 saturated carbocycles. The van der Waals surface area contributed by atoms with Crippen LogP contribution in [0.2, 0.25) is 0 Å². The monoisotopic (exact) mass is 346 g/mol. The molecule has 2 aromatic rings. The van der Waals surface area contributed by atoms with Crippen LogP contribution < -0.4 is 5.32 Å². The molecule has 20 heavy (non-hydrogen) atoms. The van der Waals surface area contributed by atoms with Gasteiger partial charge in [0.25, 0.3) is 5.91 Å². The molecule has 2 rings (SSSR count). The number of nitrogens with zero attached hydrogens (tertiary/aromatic N) is 1. The first-order chi connectivity index (χ1) is 9.42. The first kappa shape index (κ1) is 14.6. The average Bonchev–Trinajstić information content (AvgIpc) is 2.75. The lowest BCUT2D eigenvalue weighted by Gasteiger charge is -2.09. The summed E-state index contributed by atoms with van der Waals surface area (Å²) in [6.07, 6.45) is 1.67. The molecular weight excluding hydrogens is 337 g/mol. The molecule has 1 aromatic heterocycles. The van der Waals surface area contributed by atoms with Gasteiger partial charge in [0.1, 0.15) is 17.2 Å². The lowest BCUT2D eigenvalue weighted by Crippen LogP contribution is -2.18. The predicted octanol–water partition coefficient (Wildman–Crippen LogP) is 3.94. The van der Waals surface area contributed by atoms with Crippen LogP contribution >= 0.6 is 15.9 Å². The van der Waals surface area contributed by atoms with E-state index < -0.39 is 29.0 Å². The van der Waals surface area contributed by atoms with E-state index in [1.54, 1.807) is 10.8 Å². The number of benzene rings is 1. The Labute approximate surface area is 121 Å². The maximum atomic E-state index is 13.5. The number of hydrogen-bond donors (Lipinski definition) is 1. The molecule has 0 aliphatic heterocycles. The maximum absolute atomic E-state index is 13.5. The Bertz CT molecular complexity index is 647. The Hall–Kier alpha value is -1.76. The zero-order chi connectivity index (χ0) is 14.9. The molecule has 0 atom stereocenters. The highest BCUT2D eigenvalue weighted by Crippen LogP contribution is 2.22. The van der Waals surface area contributed by atoms with E-state index in [0.717, 1.165) is 0 Å². The zero-order valence-corrected chi connectivity index (χ0v) is 12.0. The van der Waals surface area contributed by atoms with Crippen molar-refractivity contribution in [3.63, 3.8) is 0 Å². The van der Waals surface area contributed by atoms with Gasteiger partial charge in [0.2, 0.25) is 0 Å². The van der Waals surface area contributed by atoms with Gasteiger partial charge in [-0.1, -0.05) is 0 Å². The number of nitrogens with one attached hydrogen (secondary N) is 1. The summed E-state index contributed by atoms with van der Waals surface area (Å²) >= 11 is 3.22. The molecule has 1 N–H and O–H groups in total. The zero-order valence-electron chi connectivity index (χ0n) is 10.4. The Morgan fingerprint density at radius 2 is 1.85 bits per heavy atom. The fourth-order valence-electron chi connectivity index (χ4n) is 1.77. The van der Waals surface area contributed by atoms with Crippen molar-refractivity contribution in [3.05, 3.63) is 52.0 Å². The molecule has 0 unspecified atom stereocenters. The molecule has 0 radical (unpaired) electrons. The molecule has 1 heterocycles. The van der Waals surface area contributed by atoms with Gasteiger partial charge in [-0.25, -0.2) is 13.2 Å². The van der Waals surface area contributed by atoms with Crippen LogP contribution in [0, 0.1) is 17.5 Å². The summed E-state index contributed by atoms with van der Waals surface area (Å²) < 4.78 is 42.0. The predicted molar refractivity (Wildman–Crippen MR) is 72.1 cm³/mol. The lowest BCUT2D eigenvalue weighted by molar-refractivity contribution is 0.101. The van der Waals surface area contributed by atoms with Crippen molar-refractivity contribution in [3.8, 4) is 0 Å². The summed E-state index contributed by atoms with van der Waals surface area (Å²) in [5.74, 6) is -4.05. The molecule has 1 aromatic carbocycles. The SMILES string of the molecule is CCn1cc(Br)cc1C(=O)Nc1c(F)cc(F)cc1F. The van der Waals surface area contributed by atoms with Crippen LogP contribution in [0.15, 0.2) is 28.9 Å². The number of carbonyl (C=O) groups is 1. The summed E-state index contributed by atoms with van der Waals surface area (Å²) in [5.41, 5.74) is -0.432. The number of halogens is 4. The van der Waals surface area contributed by atoms with E-state index in [1.807, 2.05) is 6.92 Å². The van der Waals surface area contributed by atoms with Gasteiger partial charge in [-0.05, 0) is 28.9 Å². The van der Waals surface area contributed by atoms with Crippen molar-refractivity contribution in [1.29, 1.82) is 0 Å². The van der Waals surface area contributed by atoms with Crippen LogP contribution in [-0.4, -0.2) is 10.5 Å². The Morgan fingerprint density at radius 1 is 1.25 bits per heavy atom. The molecule has 106 valence electrons. The number of aromatic nitrogens is 1. The van der Waals surface area contributed by atoms with Crippen LogP contribution in [0.25, 0.3) is 0 Å². The Morgan fingerprint density at radius 3 is 2.40 bits per heavy atom. The fourth-order valence-corrected chi connectivity index (χ4v) is 2.23. The second-order valence-electron chi connectivity index (χ2n) is 4.03. The second-order valence-corrected chi connectivity index (χ2v) is 4.94. The molecule has 7 heteroatoms. The summed E-state index contributed by atoms with van der Waals surface area (Å²) in [4.78, 5) is 12.0. The molecule has 3 nitrogen and oxygen atoms in total. The van der Waals surface area contributed by atoms with Gasteiger partial charge >= 0.3 is 0 Å². The van der Waals surface area contributed by atoms with E-state index >= 15 is 0 Å². The van der Waals surface area contributed by atoms with E-state index in [1.165, 1.54) is 6.07 Å². The van der Waals surface area contributed by atoms with E-state index in [0.29, 0.717) is 23.2 Å². The van der Waals surface area contributed by atoms with Gasteiger partial charge < -0.3 is 9.88 Å². The molecule has 0 aliphatic rings.